The molecule has 3 N–H and O–H groups in total. The van der Waals surface area contributed by atoms with Gasteiger partial charge < -0.3 is 24.3 Å². The summed E-state index contributed by atoms with van der Waals surface area (Å²) in [6, 6.07) is 7.31. The number of anilines is 1. The minimum Gasteiger partial charge on any atom is -0.497 e. The summed E-state index contributed by atoms with van der Waals surface area (Å²) in [7, 11) is 2.98. The summed E-state index contributed by atoms with van der Waals surface area (Å²) in [5.41, 5.74) is 0.405. The van der Waals surface area contributed by atoms with Gasteiger partial charge in [-0.05, 0) is 24.3 Å². The summed E-state index contributed by atoms with van der Waals surface area (Å²) >= 11 is 0. The zero-order valence-electron chi connectivity index (χ0n) is 13.9. The zero-order valence-corrected chi connectivity index (χ0v) is 13.9. The van der Waals surface area contributed by atoms with Crippen LogP contribution in [0.15, 0.2) is 41.0 Å². The van der Waals surface area contributed by atoms with E-state index in [0.29, 0.717) is 22.9 Å². The molecule has 2 rings (SSSR count). The molecule has 2 aromatic rings. The van der Waals surface area contributed by atoms with Gasteiger partial charge in [-0.1, -0.05) is 0 Å². The number of benzene rings is 1. The Morgan fingerprint density at radius 3 is 2.64 bits per heavy atom. The Morgan fingerprint density at radius 1 is 1.24 bits per heavy atom. The molecule has 0 bridgehead atoms. The van der Waals surface area contributed by atoms with Crippen LogP contribution >= 0.6 is 0 Å². The monoisotopic (exact) mass is 348 g/mol. The number of carbonyl (C=O) groups is 2. The van der Waals surface area contributed by atoms with Gasteiger partial charge in [-0.2, -0.15) is 0 Å². The van der Waals surface area contributed by atoms with Gasteiger partial charge in [0.2, 0.25) is 5.91 Å². The molecule has 1 aromatic carbocycles. The molecular weight excluding hydrogens is 328 g/mol. The fourth-order valence-corrected chi connectivity index (χ4v) is 2.18. The quantitative estimate of drug-likeness (QED) is 0.634. The Hall–Kier alpha value is -3.00. The number of rotatable bonds is 9. The molecule has 25 heavy (non-hydrogen) atoms. The van der Waals surface area contributed by atoms with E-state index in [1.54, 1.807) is 30.3 Å². The molecule has 134 valence electrons. The third-order valence-corrected chi connectivity index (χ3v) is 3.47. The lowest BCUT2D eigenvalue weighted by molar-refractivity contribution is -0.141. The predicted octanol–water partition coefficient (Wildman–Crippen LogP) is 1.87. The van der Waals surface area contributed by atoms with Gasteiger partial charge in [-0.3, -0.25) is 14.9 Å². The van der Waals surface area contributed by atoms with E-state index in [1.807, 2.05) is 0 Å². The standard InChI is InChI=1S/C17H20N2O6/c1-23-11-5-6-15(24-2)13(8-11)19-16(20)9-14(17(21)22)18-10-12-4-3-7-25-12/h3-8,14,18H,9-10H2,1-2H3,(H,19,20)(H,21,22)/t14-/m1/s1. The normalized spacial score (nSPS) is 11.6. The fourth-order valence-electron chi connectivity index (χ4n) is 2.18. The van der Waals surface area contributed by atoms with Crippen molar-refractivity contribution >= 4 is 17.6 Å². The molecule has 0 fully saturated rings. The number of carbonyl (C=O) groups excluding carboxylic acids is 1. The number of methoxy groups -OCH3 is 2. The first kappa shape index (κ1) is 18.3. The second-order valence-corrected chi connectivity index (χ2v) is 5.17. The van der Waals surface area contributed by atoms with Crippen molar-refractivity contribution < 1.29 is 28.6 Å². The SMILES string of the molecule is COc1ccc(OC)c(NC(=O)C[C@@H](NCc2ccco2)C(=O)O)c1. The number of nitrogens with one attached hydrogen (secondary N) is 2. The van der Waals surface area contributed by atoms with Crippen LogP contribution in [0.1, 0.15) is 12.2 Å². The first-order valence-electron chi connectivity index (χ1n) is 7.54. The van der Waals surface area contributed by atoms with E-state index in [2.05, 4.69) is 10.6 Å². The van der Waals surface area contributed by atoms with Crippen LogP contribution in [0, 0.1) is 0 Å². The number of aliphatic carboxylic acids is 1. The lowest BCUT2D eigenvalue weighted by atomic mass is 10.2. The van der Waals surface area contributed by atoms with Gasteiger partial charge in [-0.15, -0.1) is 0 Å². The number of hydrogen-bond donors (Lipinski definition) is 3. The van der Waals surface area contributed by atoms with Crippen molar-refractivity contribution in [3.8, 4) is 11.5 Å². The molecule has 0 unspecified atom stereocenters. The predicted molar refractivity (Wildman–Crippen MR) is 89.8 cm³/mol. The molecule has 0 radical (unpaired) electrons. The molecule has 0 aliphatic rings. The molecule has 0 saturated carbocycles. The van der Waals surface area contributed by atoms with E-state index in [0.717, 1.165) is 0 Å². The highest BCUT2D eigenvalue weighted by atomic mass is 16.5. The first-order chi connectivity index (χ1) is 12.0. The summed E-state index contributed by atoms with van der Waals surface area (Å²) in [6.45, 7) is 0.208. The van der Waals surface area contributed by atoms with Crippen LogP contribution in [-0.4, -0.2) is 37.2 Å². The van der Waals surface area contributed by atoms with E-state index in [-0.39, 0.29) is 13.0 Å². The van der Waals surface area contributed by atoms with E-state index in [9.17, 15) is 14.7 Å². The maximum absolute atomic E-state index is 12.2. The second-order valence-electron chi connectivity index (χ2n) is 5.17. The minimum absolute atomic E-state index is 0.208. The molecule has 0 aliphatic heterocycles. The minimum atomic E-state index is -1.13. The Balaban J connectivity index is 2.00. The molecule has 0 spiro atoms. The van der Waals surface area contributed by atoms with Crippen molar-refractivity contribution in [3.63, 3.8) is 0 Å². The third kappa shape index (κ3) is 5.25. The van der Waals surface area contributed by atoms with Crippen molar-refractivity contribution in [3.05, 3.63) is 42.4 Å². The number of hydrogen-bond acceptors (Lipinski definition) is 6. The molecule has 1 aromatic heterocycles. The molecule has 0 saturated heterocycles. The number of carboxylic acid groups (broad SMARTS) is 1. The van der Waals surface area contributed by atoms with E-state index in [1.165, 1.54) is 20.5 Å². The molecule has 1 atom stereocenters. The van der Waals surface area contributed by atoms with Gasteiger partial charge in [0.1, 0.15) is 23.3 Å². The maximum Gasteiger partial charge on any atom is 0.321 e. The van der Waals surface area contributed by atoms with Crippen LogP contribution in [0.25, 0.3) is 0 Å². The average molecular weight is 348 g/mol. The van der Waals surface area contributed by atoms with Gasteiger partial charge in [0.05, 0.1) is 39.1 Å². The van der Waals surface area contributed by atoms with Crippen molar-refractivity contribution in [1.82, 2.24) is 5.32 Å². The Morgan fingerprint density at radius 2 is 2.04 bits per heavy atom. The fraction of sp³-hybridized carbons (Fsp3) is 0.294. The highest BCUT2D eigenvalue weighted by Gasteiger charge is 2.22. The number of carboxylic acids is 1. The number of ether oxygens (including phenoxy) is 2. The van der Waals surface area contributed by atoms with Crippen LogP contribution in [0.2, 0.25) is 0 Å². The highest BCUT2D eigenvalue weighted by Crippen LogP contribution is 2.29. The molecule has 1 heterocycles. The Kier molecular flexibility index (Phi) is 6.41. The molecule has 1 amide bonds. The van der Waals surface area contributed by atoms with E-state index < -0.39 is 17.9 Å². The molecule has 0 aliphatic carbocycles. The third-order valence-electron chi connectivity index (χ3n) is 3.47. The van der Waals surface area contributed by atoms with Crippen LogP contribution < -0.4 is 20.1 Å². The van der Waals surface area contributed by atoms with Crippen molar-refractivity contribution in [1.29, 1.82) is 0 Å². The molecule has 8 heteroatoms. The largest absolute Gasteiger partial charge is 0.497 e. The first-order valence-corrected chi connectivity index (χ1v) is 7.54. The zero-order chi connectivity index (χ0) is 18.2. The van der Waals surface area contributed by atoms with Gasteiger partial charge in [0.15, 0.2) is 0 Å². The van der Waals surface area contributed by atoms with Crippen molar-refractivity contribution in [2.45, 2.75) is 19.0 Å². The van der Waals surface area contributed by atoms with Gasteiger partial charge in [0, 0.05) is 6.07 Å². The lowest BCUT2D eigenvalue weighted by Gasteiger charge is -2.15. The van der Waals surface area contributed by atoms with E-state index in [4.69, 9.17) is 13.9 Å². The average Bonchev–Trinajstić information content (AvgIpc) is 3.11. The number of furan rings is 1. The van der Waals surface area contributed by atoms with Crippen molar-refractivity contribution in [2.24, 2.45) is 0 Å². The summed E-state index contributed by atoms with van der Waals surface area (Å²) in [6.07, 6.45) is 1.24. The topological polar surface area (TPSA) is 110 Å². The molecular formula is C17H20N2O6. The van der Waals surface area contributed by atoms with Gasteiger partial charge in [-0.25, -0.2) is 0 Å². The number of amides is 1. The van der Waals surface area contributed by atoms with E-state index >= 15 is 0 Å². The van der Waals surface area contributed by atoms with Crippen LogP contribution in [0.3, 0.4) is 0 Å². The second kappa shape index (κ2) is 8.74. The lowest BCUT2D eigenvalue weighted by Crippen LogP contribution is -2.39. The van der Waals surface area contributed by atoms with Gasteiger partial charge in [0.25, 0.3) is 0 Å². The van der Waals surface area contributed by atoms with Crippen molar-refractivity contribution in [2.75, 3.05) is 19.5 Å². The van der Waals surface area contributed by atoms with Crippen LogP contribution in [0.4, 0.5) is 5.69 Å². The summed E-state index contributed by atoms with van der Waals surface area (Å²) in [5, 5.41) is 14.7. The smallest absolute Gasteiger partial charge is 0.321 e. The Bertz CT molecular complexity index is 714. The summed E-state index contributed by atoms with van der Waals surface area (Å²) in [4.78, 5) is 23.6. The highest BCUT2D eigenvalue weighted by molar-refractivity contribution is 5.95. The van der Waals surface area contributed by atoms with Crippen LogP contribution in [-0.2, 0) is 16.1 Å². The van der Waals surface area contributed by atoms with Gasteiger partial charge >= 0.3 is 5.97 Å². The Labute approximate surface area is 144 Å². The summed E-state index contributed by atoms with van der Waals surface area (Å²) in [5.74, 6) is -0.0160. The maximum atomic E-state index is 12.2. The van der Waals surface area contributed by atoms with Crippen LogP contribution in [0.5, 0.6) is 11.5 Å². The molecule has 8 nitrogen and oxygen atoms in total. The summed E-state index contributed by atoms with van der Waals surface area (Å²) < 4.78 is 15.4.